The van der Waals surface area contributed by atoms with Gasteiger partial charge in [0.2, 0.25) is 11.0 Å². The Morgan fingerprint density at radius 2 is 2.06 bits per heavy atom. The molecule has 0 aliphatic rings. The highest BCUT2D eigenvalue weighted by atomic mass is 35.5. The van der Waals surface area contributed by atoms with E-state index in [0.29, 0.717) is 11.0 Å². The summed E-state index contributed by atoms with van der Waals surface area (Å²) in [6, 6.07) is 9.70. The van der Waals surface area contributed by atoms with Gasteiger partial charge in [0, 0.05) is 17.9 Å². The Bertz CT molecular complexity index is 500. The Balaban J connectivity index is 2.09. The number of rotatable bonds is 4. The van der Waals surface area contributed by atoms with E-state index in [4.69, 9.17) is 11.6 Å². The number of nitrogens with zero attached hydrogens (tertiary/aromatic N) is 2. The van der Waals surface area contributed by atoms with Crippen molar-refractivity contribution < 1.29 is 4.79 Å². The van der Waals surface area contributed by atoms with E-state index in [1.807, 2.05) is 30.3 Å². The average molecular weight is 268 g/mol. The van der Waals surface area contributed by atoms with Gasteiger partial charge in [0.15, 0.2) is 0 Å². The van der Waals surface area contributed by atoms with E-state index in [-0.39, 0.29) is 12.3 Å². The third-order valence-electron chi connectivity index (χ3n) is 2.01. The van der Waals surface area contributed by atoms with Crippen molar-refractivity contribution in [2.24, 2.45) is 0 Å². The normalized spacial score (nSPS) is 10.2. The fraction of sp³-hybridized carbons (Fsp3) is 0.182. The van der Waals surface area contributed by atoms with Crippen molar-refractivity contribution in [3.63, 3.8) is 0 Å². The van der Waals surface area contributed by atoms with Gasteiger partial charge in [-0.1, -0.05) is 41.7 Å². The van der Waals surface area contributed by atoms with Crippen molar-refractivity contribution in [2.45, 2.75) is 6.42 Å². The van der Waals surface area contributed by atoms with Gasteiger partial charge in [0.1, 0.15) is 5.01 Å². The Morgan fingerprint density at radius 3 is 2.76 bits per heavy atom. The molecule has 2 rings (SSSR count). The molecule has 88 valence electrons. The van der Waals surface area contributed by atoms with Crippen LogP contribution >= 0.6 is 22.9 Å². The van der Waals surface area contributed by atoms with Crippen molar-refractivity contribution in [1.82, 2.24) is 10.2 Å². The lowest BCUT2D eigenvalue weighted by Gasteiger charge is -1.96. The van der Waals surface area contributed by atoms with E-state index in [9.17, 15) is 4.79 Å². The van der Waals surface area contributed by atoms with E-state index < -0.39 is 0 Å². The summed E-state index contributed by atoms with van der Waals surface area (Å²) in [5.74, 6) is 0.159. The fourth-order valence-electron chi connectivity index (χ4n) is 1.24. The molecule has 0 radical (unpaired) electrons. The van der Waals surface area contributed by atoms with Gasteiger partial charge in [-0.15, -0.1) is 21.8 Å². The first-order valence-corrected chi connectivity index (χ1v) is 6.39. The van der Waals surface area contributed by atoms with E-state index in [0.717, 1.165) is 10.6 Å². The molecule has 1 amide bonds. The first kappa shape index (κ1) is 12.0. The number of carbonyl (C=O) groups excluding carboxylic acids is 1. The van der Waals surface area contributed by atoms with Crippen LogP contribution in [0.1, 0.15) is 6.42 Å². The Kier molecular flexibility index (Phi) is 4.06. The molecule has 1 N–H and O–H groups in total. The highest BCUT2D eigenvalue weighted by Gasteiger charge is 2.08. The molecule has 0 spiro atoms. The summed E-state index contributed by atoms with van der Waals surface area (Å²) in [5.41, 5.74) is 0.989. The van der Waals surface area contributed by atoms with Crippen LogP contribution in [0.3, 0.4) is 0 Å². The van der Waals surface area contributed by atoms with Crippen LogP contribution < -0.4 is 5.32 Å². The van der Waals surface area contributed by atoms with Crippen LogP contribution in [0.25, 0.3) is 10.6 Å². The fourth-order valence-corrected chi connectivity index (χ4v) is 2.18. The second-order valence-electron chi connectivity index (χ2n) is 3.27. The van der Waals surface area contributed by atoms with Crippen molar-refractivity contribution >= 4 is 34.0 Å². The molecule has 17 heavy (non-hydrogen) atoms. The van der Waals surface area contributed by atoms with Crippen LogP contribution in [0.15, 0.2) is 30.3 Å². The minimum atomic E-state index is -0.143. The summed E-state index contributed by atoms with van der Waals surface area (Å²) in [4.78, 5) is 11.3. The average Bonchev–Trinajstić information content (AvgIpc) is 2.79. The molecule has 4 nitrogen and oxygen atoms in total. The third-order valence-corrected chi connectivity index (χ3v) is 3.09. The second-order valence-corrected chi connectivity index (χ2v) is 4.62. The minimum absolute atomic E-state index is 0.143. The molecule has 0 bridgehead atoms. The summed E-state index contributed by atoms with van der Waals surface area (Å²) in [5, 5.41) is 11.9. The summed E-state index contributed by atoms with van der Waals surface area (Å²) in [7, 11) is 0. The van der Waals surface area contributed by atoms with Crippen LogP contribution in [0.2, 0.25) is 0 Å². The molecule has 0 aliphatic heterocycles. The van der Waals surface area contributed by atoms with E-state index in [1.165, 1.54) is 11.3 Å². The van der Waals surface area contributed by atoms with Gasteiger partial charge in [-0.2, -0.15) is 0 Å². The van der Waals surface area contributed by atoms with Gasteiger partial charge in [-0.25, -0.2) is 0 Å². The quantitative estimate of drug-likeness (QED) is 0.867. The zero-order chi connectivity index (χ0) is 12.1. The first-order valence-electron chi connectivity index (χ1n) is 5.04. The zero-order valence-corrected chi connectivity index (χ0v) is 10.5. The Hall–Kier alpha value is -1.46. The maximum atomic E-state index is 11.3. The number of aromatic nitrogens is 2. The number of halogens is 1. The van der Waals surface area contributed by atoms with E-state index >= 15 is 0 Å². The minimum Gasteiger partial charge on any atom is -0.300 e. The number of alkyl halides is 1. The standard InChI is InChI=1S/C11H10ClN3OS/c12-7-6-9(16)13-11-15-14-10(17-11)8-4-2-1-3-5-8/h1-5H,6-7H2,(H,13,15,16). The molecule has 0 atom stereocenters. The van der Waals surface area contributed by atoms with Crippen LogP contribution in [0, 0.1) is 0 Å². The van der Waals surface area contributed by atoms with Gasteiger partial charge in [0.05, 0.1) is 0 Å². The van der Waals surface area contributed by atoms with Crippen molar-refractivity contribution in [3.8, 4) is 10.6 Å². The maximum Gasteiger partial charge on any atom is 0.227 e. The lowest BCUT2D eigenvalue weighted by molar-refractivity contribution is -0.115. The van der Waals surface area contributed by atoms with Gasteiger partial charge in [-0.3, -0.25) is 4.79 Å². The van der Waals surface area contributed by atoms with Crippen LogP contribution in [0.5, 0.6) is 0 Å². The molecule has 2 aromatic rings. The van der Waals surface area contributed by atoms with Crippen LogP contribution in [-0.2, 0) is 4.79 Å². The van der Waals surface area contributed by atoms with E-state index in [1.54, 1.807) is 0 Å². The molecule has 1 aromatic heterocycles. The summed E-state index contributed by atoms with van der Waals surface area (Å²) in [6.07, 6.45) is 0.280. The number of carbonyl (C=O) groups is 1. The molecule has 1 heterocycles. The molecule has 6 heteroatoms. The Morgan fingerprint density at radius 1 is 1.29 bits per heavy atom. The molecule has 1 aromatic carbocycles. The van der Waals surface area contributed by atoms with Crippen molar-refractivity contribution in [2.75, 3.05) is 11.2 Å². The number of hydrogen-bond donors (Lipinski definition) is 1. The van der Waals surface area contributed by atoms with Crippen LogP contribution in [-0.4, -0.2) is 22.0 Å². The topological polar surface area (TPSA) is 54.9 Å². The number of nitrogens with one attached hydrogen (secondary N) is 1. The first-order chi connectivity index (χ1) is 8.29. The molecule has 0 saturated carbocycles. The summed E-state index contributed by atoms with van der Waals surface area (Å²) < 4.78 is 0. The van der Waals surface area contributed by atoms with Crippen molar-refractivity contribution in [3.05, 3.63) is 30.3 Å². The third kappa shape index (κ3) is 3.25. The summed E-state index contributed by atoms with van der Waals surface area (Å²) in [6.45, 7) is 0. The molecule has 0 fully saturated rings. The molecule has 0 aliphatic carbocycles. The lowest BCUT2D eigenvalue weighted by atomic mass is 10.2. The highest BCUT2D eigenvalue weighted by molar-refractivity contribution is 7.18. The maximum absolute atomic E-state index is 11.3. The van der Waals surface area contributed by atoms with E-state index in [2.05, 4.69) is 15.5 Å². The second kappa shape index (κ2) is 5.75. The molecular weight excluding hydrogens is 258 g/mol. The lowest BCUT2D eigenvalue weighted by Crippen LogP contribution is -2.11. The molecule has 0 unspecified atom stereocenters. The molecular formula is C11H10ClN3OS. The predicted molar refractivity (Wildman–Crippen MR) is 69.3 cm³/mol. The Labute approximate surface area is 108 Å². The van der Waals surface area contributed by atoms with Crippen LogP contribution in [0.4, 0.5) is 5.13 Å². The van der Waals surface area contributed by atoms with Gasteiger partial charge < -0.3 is 5.32 Å². The monoisotopic (exact) mass is 267 g/mol. The van der Waals surface area contributed by atoms with Gasteiger partial charge in [0.25, 0.3) is 0 Å². The van der Waals surface area contributed by atoms with Crippen molar-refractivity contribution in [1.29, 1.82) is 0 Å². The van der Waals surface area contributed by atoms with Gasteiger partial charge >= 0.3 is 0 Å². The SMILES string of the molecule is O=C(CCCl)Nc1nnc(-c2ccccc2)s1. The number of amides is 1. The summed E-state index contributed by atoms with van der Waals surface area (Å²) >= 11 is 6.81. The smallest absolute Gasteiger partial charge is 0.227 e. The number of hydrogen-bond acceptors (Lipinski definition) is 4. The molecule has 0 saturated heterocycles. The predicted octanol–water partition coefficient (Wildman–Crippen LogP) is 2.77. The zero-order valence-electron chi connectivity index (χ0n) is 8.89. The number of anilines is 1. The highest BCUT2D eigenvalue weighted by Crippen LogP contribution is 2.25. The van der Waals surface area contributed by atoms with Gasteiger partial charge in [-0.05, 0) is 0 Å². The number of benzene rings is 1. The largest absolute Gasteiger partial charge is 0.300 e.